The molecule has 0 rings (SSSR count). The lowest BCUT2D eigenvalue weighted by atomic mass is 10.2. The molecule has 0 aromatic rings. The third kappa shape index (κ3) is 10.6. The standard InChI is InChI=1S/C25H57NO7Si4/c1-13-35(14-2,15-3)32-24(27)22-23(25(28)33-36(16-4,17-5)18-6)26(34(10,11)12)20-19-21-37(29-7,30-8)31-9/h23H,13-22H2,1-12H3. The van der Waals surface area contributed by atoms with Gasteiger partial charge in [0.25, 0.3) is 22.6 Å². The zero-order valence-electron chi connectivity index (χ0n) is 26.0. The van der Waals surface area contributed by atoms with Crippen LogP contribution in [0.15, 0.2) is 0 Å². The Hall–Kier alpha value is -0.352. The SMILES string of the molecule is CC[Si](CC)(CC)OC(=O)CC(C(=O)O[Si](CC)(CC)CC)N(CCC[Si](OC)(OC)OC)[Si](C)(C)C. The molecule has 1 atom stereocenters. The van der Waals surface area contributed by atoms with Gasteiger partial charge in [-0.2, -0.15) is 0 Å². The van der Waals surface area contributed by atoms with Gasteiger partial charge < -0.3 is 26.7 Å². The molecule has 0 aliphatic heterocycles. The summed E-state index contributed by atoms with van der Waals surface area (Å²) in [5.74, 6) is -0.532. The highest BCUT2D eigenvalue weighted by atomic mass is 28.4. The van der Waals surface area contributed by atoms with Crippen molar-refractivity contribution in [3.8, 4) is 0 Å². The Morgan fingerprint density at radius 2 is 1.11 bits per heavy atom. The van der Waals surface area contributed by atoms with E-state index in [4.69, 9.17) is 22.1 Å². The molecule has 8 nitrogen and oxygen atoms in total. The molecule has 0 aromatic carbocycles. The van der Waals surface area contributed by atoms with Gasteiger partial charge in [-0.15, -0.1) is 0 Å². The molecule has 12 heteroatoms. The van der Waals surface area contributed by atoms with E-state index in [1.165, 1.54) is 0 Å². The van der Waals surface area contributed by atoms with Gasteiger partial charge in [0.05, 0.1) is 6.42 Å². The van der Waals surface area contributed by atoms with Gasteiger partial charge in [0.15, 0.2) is 0 Å². The van der Waals surface area contributed by atoms with Crippen LogP contribution in [-0.4, -0.2) is 84.1 Å². The van der Waals surface area contributed by atoms with E-state index in [0.717, 1.165) is 42.7 Å². The van der Waals surface area contributed by atoms with Crippen LogP contribution in [0.25, 0.3) is 0 Å². The molecule has 0 aromatic heterocycles. The molecule has 0 saturated heterocycles. The van der Waals surface area contributed by atoms with Crippen LogP contribution in [0.1, 0.15) is 54.4 Å². The molecule has 0 N–H and O–H groups in total. The largest absolute Gasteiger partial charge is 0.519 e. The highest BCUT2D eigenvalue weighted by Crippen LogP contribution is 2.28. The Kier molecular flexibility index (Phi) is 16.5. The van der Waals surface area contributed by atoms with Gasteiger partial charge in [0, 0.05) is 27.4 Å². The number of nitrogens with zero attached hydrogens (tertiary/aromatic N) is 1. The van der Waals surface area contributed by atoms with Crippen LogP contribution >= 0.6 is 0 Å². The van der Waals surface area contributed by atoms with Gasteiger partial charge in [-0.25, -0.2) is 0 Å². The van der Waals surface area contributed by atoms with Crippen molar-refractivity contribution < 1.29 is 31.7 Å². The molecule has 0 heterocycles. The number of carbonyl (C=O) groups is 2. The minimum Gasteiger partial charge on any atom is -0.519 e. The number of rotatable bonds is 20. The Balaban J connectivity index is 6.21. The van der Waals surface area contributed by atoms with Crippen molar-refractivity contribution in [2.75, 3.05) is 27.9 Å². The van der Waals surface area contributed by atoms with Crippen LogP contribution in [0.2, 0.25) is 61.9 Å². The van der Waals surface area contributed by atoms with Crippen LogP contribution in [0.3, 0.4) is 0 Å². The lowest BCUT2D eigenvalue weighted by Crippen LogP contribution is -2.58. The molecule has 220 valence electrons. The van der Waals surface area contributed by atoms with Crippen molar-refractivity contribution in [2.24, 2.45) is 0 Å². The molecule has 37 heavy (non-hydrogen) atoms. The Morgan fingerprint density at radius 1 is 0.703 bits per heavy atom. The van der Waals surface area contributed by atoms with Crippen molar-refractivity contribution in [1.82, 2.24) is 4.57 Å². The zero-order valence-corrected chi connectivity index (χ0v) is 30.0. The summed E-state index contributed by atoms with van der Waals surface area (Å²) in [6.45, 7) is 19.9. The van der Waals surface area contributed by atoms with Crippen LogP contribution in [-0.2, 0) is 31.7 Å². The number of hydrogen-bond acceptors (Lipinski definition) is 8. The number of hydrogen-bond donors (Lipinski definition) is 0. The van der Waals surface area contributed by atoms with E-state index in [2.05, 4.69) is 65.7 Å². The molecular weight excluding hydrogens is 539 g/mol. The van der Waals surface area contributed by atoms with Gasteiger partial charge in [0.2, 0.25) is 0 Å². The monoisotopic (exact) mass is 595 g/mol. The van der Waals surface area contributed by atoms with Crippen LogP contribution in [0, 0.1) is 0 Å². The maximum atomic E-state index is 13.9. The van der Waals surface area contributed by atoms with Crippen molar-refractivity contribution >= 4 is 45.6 Å². The minimum absolute atomic E-state index is 0.0287. The van der Waals surface area contributed by atoms with Crippen molar-refractivity contribution in [1.29, 1.82) is 0 Å². The molecule has 0 aliphatic rings. The van der Waals surface area contributed by atoms with Crippen molar-refractivity contribution in [3.05, 3.63) is 0 Å². The number of carbonyl (C=O) groups excluding carboxylic acids is 2. The lowest BCUT2D eigenvalue weighted by molar-refractivity contribution is -0.146. The summed E-state index contributed by atoms with van der Waals surface area (Å²) < 4.78 is 31.6. The van der Waals surface area contributed by atoms with Crippen molar-refractivity contribution in [2.45, 2.75) is 122 Å². The molecule has 0 radical (unpaired) electrons. The quantitative estimate of drug-likeness (QED) is 0.153. The third-order valence-electron chi connectivity index (χ3n) is 8.20. The van der Waals surface area contributed by atoms with Crippen LogP contribution < -0.4 is 0 Å². The average Bonchev–Trinajstić information content (AvgIpc) is 2.89. The molecule has 0 fully saturated rings. The summed E-state index contributed by atoms with van der Waals surface area (Å²) in [5.41, 5.74) is 0. The summed E-state index contributed by atoms with van der Waals surface area (Å²) in [5, 5.41) is 0. The summed E-state index contributed by atoms with van der Waals surface area (Å²) in [7, 11) is -4.30. The van der Waals surface area contributed by atoms with E-state index in [1.54, 1.807) is 21.3 Å². The fourth-order valence-corrected chi connectivity index (χ4v) is 13.6. The predicted molar refractivity (Wildman–Crippen MR) is 161 cm³/mol. The van der Waals surface area contributed by atoms with E-state index in [-0.39, 0.29) is 18.4 Å². The highest BCUT2D eigenvalue weighted by Gasteiger charge is 2.44. The lowest BCUT2D eigenvalue weighted by Gasteiger charge is -2.41. The molecule has 0 spiro atoms. The minimum atomic E-state index is -2.75. The first-order valence-corrected chi connectivity index (χ1v) is 24.6. The second kappa shape index (κ2) is 16.7. The highest BCUT2D eigenvalue weighted by molar-refractivity contribution is 6.76. The summed E-state index contributed by atoms with van der Waals surface area (Å²) in [6, 6.07) is 5.23. The fraction of sp³-hybridized carbons (Fsp3) is 0.920. The van der Waals surface area contributed by atoms with E-state index in [0.29, 0.717) is 12.6 Å². The van der Waals surface area contributed by atoms with Crippen molar-refractivity contribution in [3.63, 3.8) is 0 Å². The van der Waals surface area contributed by atoms with E-state index in [1.807, 2.05) is 0 Å². The predicted octanol–water partition coefficient (Wildman–Crippen LogP) is 6.25. The molecule has 1 unspecified atom stereocenters. The van der Waals surface area contributed by atoms with Gasteiger partial charge in [-0.05, 0) is 49.2 Å². The van der Waals surface area contributed by atoms with E-state index >= 15 is 0 Å². The second-order valence-corrected chi connectivity index (χ2v) is 28.3. The topological polar surface area (TPSA) is 83.5 Å². The molecule has 0 saturated carbocycles. The summed E-state index contributed by atoms with van der Waals surface area (Å²) in [4.78, 5) is 27.3. The van der Waals surface area contributed by atoms with Gasteiger partial charge >= 0.3 is 14.8 Å². The van der Waals surface area contributed by atoms with E-state index < -0.39 is 39.7 Å². The van der Waals surface area contributed by atoms with E-state index in [9.17, 15) is 9.59 Å². The molecule has 0 aliphatic carbocycles. The Bertz CT molecular complexity index is 654. The smallest absolute Gasteiger partial charge is 0.500 e. The Morgan fingerprint density at radius 3 is 1.46 bits per heavy atom. The third-order valence-corrected chi connectivity index (χ3v) is 22.3. The second-order valence-electron chi connectivity index (χ2n) is 10.9. The van der Waals surface area contributed by atoms with Crippen LogP contribution in [0.5, 0.6) is 0 Å². The van der Waals surface area contributed by atoms with Crippen LogP contribution in [0.4, 0.5) is 0 Å². The normalized spacial score (nSPS) is 14.1. The maximum absolute atomic E-state index is 13.9. The molecular formula is C25H57NO7Si4. The van der Waals surface area contributed by atoms with Gasteiger partial charge in [0.1, 0.15) is 14.3 Å². The fourth-order valence-electron chi connectivity index (χ4n) is 4.96. The first-order chi connectivity index (χ1) is 17.3. The zero-order chi connectivity index (χ0) is 28.9. The van der Waals surface area contributed by atoms with Gasteiger partial charge in [-0.3, -0.25) is 9.59 Å². The molecule has 0 bridgehead atoms. The average molecular weight is 596 g/mol. The first kappa shape index (κ1) is 36.6. The molecule has 0 amide bonds. The van der Waals surface area contributed by atoms with Gasteiger partial charge in [-0.1, -0.05) is 61.2 Å². The Labute approximate surface area is 231 Å². The summed E-state index contributed by atoms with van der Waals surface area (Å²) >= 11 is 0. The maximum Gasteiger partial charge on any atom is 0.500 e. The first-order valence-electron chi connectivity index (χ1n) is 14.1. The summed E-state index contributed by atoms with van der Waals surface area (Å²) in [6.07, 6.45) is 0.751.